The third-order valence-corrected chi connectivity index (χ3v) is 3.46. The summed E-state index contributed by atoms with van der Waals surface area (Å²) in [5, 5.41) is 4.68. The molecule has 1 fully saturated rings. The predicted molar refractivity (Wildman–Crippen MR) is 68.5 cm³/mol. The summed E-state index contributed by atoms with van der Waals surface area (Å²) in [6.07, 6.45) is 2.27. The third-order valence-electron chi connectivity index (χ3n) is 3.23. The summed E-state index contributed by atoms with van der Waals surface area (Å²) in [6, 6.07) is 5.26. The fraction of sp³-hybridized carbons (Fsp3) is 0.385. The highest BCUT2D eigenvalue weighted by Gasteiger charge is 2.30. The van der Waals surface area contributed by atoms with Gasteiger partial charge in [0.2, 0.25) is 5.89 Å². The zero-order valence-corrected chi connectivity index (χ0v) is 10.8. The van der Waals surface area contributed by atoms with Gasteiger partial charge in [-0.05, 0) is 43.0 Å². The van der Waals surface area contributed by atoms with Gasteiger partial charge in [0.25, 0.3) is 0 Å². The molecule has 0 amide bonds. The van der Waals surface area contributed by atoms with Crippen LogP contribution >= 0.6 is 11.6 Å². The molecule has 1 atom stereocenters. The maximum atomic E-state index is 6.17. The van der Waals surface area contributed by atoms with Crippen molar-refractivity contribution < 1.29 is 4.52 Å². The Morgan fingerprint density at radius 3 is 2.89 bits per heavy atom. The van der Waals surface area contributed by atoms with Gasteiger partial charge in [-0.3, -0.25) is 0 Å². The van der Waals surface area contributed by atoms with Gasteiger partial charge in [0, 0.05) is 10.9 Å². The normalized spacial score (nSPS) is 16.8. The highest BCUT2D eigenvalue weighted by atomic mass is 35.5. The van der Waals surface area contributed by atoms with Crippen LogP contribution in [0.3, 0.4) is 0 Å². The summed E-state index contributed by atoms with van der Waals surface area (Å²) in [4.78, 5) is 4.38. The van der Waals surface area contributed by atoms with E-state index in [1.807, 2.05) is 25.1 Å². The van der Waals surface area contributed by atoms with Crippen molar-refractivity contribution in [3.05, 3.63) is 46.1 Å². The number of aromatic nitrogens is 2. The van der Waals surface area contributed by atoms with Crippen molar-refractivity contribution in [2.45, 2.75) is 31.7 Å². The molecule has 1 heterocycles. The topological polar surface area (TPSA) is 64.9 Å². The molecule has 94 valence electrons. The van der Waals surface area contributed by atoms with E-state index in [1.165, 1.54) is 0 Å². The van der Waals surface area contributed by atoms with Gasteiger partial charge < -0.3 is 10.3 Å². The van der Waals surface area contributed by atoms with E-state index in [-0.39, 0.29) is 6.04 Å². The van der Waals surface area contributed by atoms with E-state index < -0.39 is 0 Å². The standard InChI is InChI=1S/C13H14ClN3O/c1-7-6-9(14)4-5-10(7)11(15)12-16-13(18-17-12)8-2-3-8/h4-6,8,11H,2-3,15H2,1H3. The van der Waals surface area contributed by atoms with Crippen LogP contribution in [0.15, 0.2) is 22.7 Å². The number of hydrogen-bond acceptors (Lipinski definition) is 4. The van der Waals surface area contributed by atoms with Gasteiger partial charge in [0.1, 0.15) is 0 Å². The van der Waals surface area contributed by atoms with Gasteiger partial charge in [0.05, 0.1) is 6.04 Å². The second-order valence-electron chi connectivity index (χ2n) is 4.74. The van der Waals surface area contributed by atoms with E-state index in [4.69, 9.17) is 21.9 Å². The second kappa shape index (κ2) is 4.37. The molecule has 0 aliphatic heterocycles. The molecule has 0 bridgehead atoms. The average Bonchev–Trinajstić information content (AvgIpc) is 3.06. The molecule has 1 saturated carbocycles. The van der Waals surface area contributed by atoms with Gasteiger partial charge in [-0.2, -0.15) is 4.98 Å². The summed E-state index contributed by atoms with van der Waals surface area (Å²) in [5.41, 5.74) is 8.18. The molecular formula is C13H14ClN3O. The van der Waals surface area contributed by atoms with E-state index in [1.54, 1.807) is 0 Å². The molecule has 1 aromatic heterocycles. The van der Waals surface area contributed by atoms with Gasteiger partial charge in [0.15, 0.2) is 5.82 Å². The van der Waals surface area contributed by atoms with Crippen LogP contribution in [-0.4, -0.2) is 10.1 Å². The Balaban J connectivity index is 1.89. The fourth-order valence-electron chi connectivity index (χ4n) is 2.00. The van der Waals surface area contributed by atoms with Crippen LogP contribution in [-0.2, 0) is 0 Å². The first kappa shape index (κ1) is 11.7. The third kappa shape index (κ3) is 2.13. The Hall–Kier alpha value is -1.39. The van der Waals surface area contributed by atoms with Crippen molar-refractivity contribution >= 4 is 11.6 Å². The molecule has 2 N–H and O–H groups in total. The maximum Gasteiger partial charge on any atom is 0.229 e. The van der Waals surface area contributed by atoms with Gasteiger partial charge in [-0.15, -0.1) is 0 Å². The van der Waals surface area contributed by atoms with E-state index in [0.717, 1.165) is 24.0 Å². The molecule has 1 aliphatic carbocycles. The number of hydrogen-bond donors (Lipinski definition) is 1. The van der Waals surface area contributed by atoms with Crippen LogP contribution in [0, 0.1) is 6.92 Å². The fourth-order valence-corrected chi connectivity index (χ4v) is 2.22. The molecule has 1 unspecified atom stereocenters. The van der Waals surface area contributed by atoms with Crippen LogP contribution in [0.2, 0.25) is 5.02 Å². The van der Waals surface area contributed by atoms with Crippen molar-refractivity contribution in [3.8, 4) is 0 Å². The Kier molecular flexibility index (Phi) is 2.84. The molecule has 4 nitrogen and oxygen atoms in total. The molecule has 1 aromatic carbocycles. The lowest BCUT2D eigenvalue weighted by molar-refractivity contribution is 0.372. The molecule has 18 heavy (non-hydrogen) atoms. The molecule has 0 radical (unpaired) electrons. The van der Waals surface area contributed by atoms with Gasteiger partial charge in [-0.25, -0.2) is 0 Å². The molecule has 5 heteroatoms. The van der Waals surface area contributed by atoms with Gasteiger partial charge >= 0.3 is 0 Å². The maximum absolute atomic E-state index is 6.17. The first-order valence-electron chi connectivity index (χ1n) is 6.00. The zero-order chi connectivity index (χ0) is 12.7. The van der Waals surface area contributed by atoms with Crippen LogP contribution < -0.4 is 5.73 Å². The van der Waals surface area contributed by atoms with Crippen LogP contribution in [0.1, 0.15) is 47.6 Å². The van der Waals surface area contributed by atoms with E-state index >= 15 is 0 Å². The second-order valence-corrected chi connectivity index (χ2v) is 5.18. The van der Waals surface area contributed by atoms with Crippen molar-refractivity contribution in [1.82, 2.24) is 10.1 Å². The predicted octanol–water partition coefficient (Wildman–Crippen LogP) is 2.96. The molecular weight excluding hydrogens is 250 g/mol. The minimum Gasteiger partial charge on any atom is -0.339 e. The SMILES string of the molecule is Cc1cc(Cl)ccc1C(N)c1noc(C2CC2)n1. The molecule has 2 aromatic rings. The molecule has 0 saturated heterocycles. The summed E-state index contributed by atoms with van der Waals surface area (Å²) in [7, 11) is 0. The summed E-state index contributed by atoms with van der Waals surface area (Å²) in [6.45, 7) is 1.98. The lowest BCUT2D eigenvalue weighted by Crippen LogP contribution is -2.15. The quantitative estimate of drug-likeness (QED) is 0.925. The number of halogens is 1. The van der Waals surface area contributed by atoms with Crippen LogP contribution in [0.25, 0.3) is 0 Å². The average molecular weight is 264 g/mol. The lowest BCUT2D eigenvalue weighted by atomic mass is 10.0. The highest BCUT2D eigenvalue weighted by molar-refractivity contribution is 6.30. The smallest absolute Gasteiger partial charge is 0.229 e. The Bertz CT molecular complexity index is 577. The lowest BCUT2D eigenvalue weighted by Gasteiger charge is -2.10. The first-order chi connectivity index (χ1) is 8.65. The van der Waals surface area contributed by atoms with Crippen molar-refractivity contribution in [2.75, 3.05) is 0 Å². The van der Waals surface area contributed by atoms with E-state index in [9.17, 15) is 0 Å². The Morgan fingerprint density at radius 1 is 1.44 bits per heavy atom. The first-order valence-corrected chi connectivity index (χ1v) is 6.38. The number of nitrogens with two attached hydrogens (primary N) is 1. The van der Waals surface area contributed by atoms with E-state index in [0.29, 0.717) is 22.7 Å². The monoisotopic (exact) mass is 263 g/mol. The molecule has 3 rings (SSSR count). The molecule has 1 aliphatic rings. The number of aryl methyl sites for hydroxylation is 1. The zero-order valence-electron chi connectivity index (χ0n) is 10.1. The minimum atomic E-state index is -0.362. The number of rotatable bonds is 3. The number of benzene rings is 1. The Morgan fingerprint density at radius 2 is 2.22 bits per heavy atom. The van der Waals surface area contributed by atoms with E-state index in [2.05, 4.69) is 10.1 Å². The summed E-state index contributed by atoms with van der Waals surface area (Å²) >= 11 is 5.93. The molecule has 0 spiro atoms. The van der Waals surface area contributed by atoms with Crippen LogP contribution in [0.5, 0.6) is 0 Å². The van der Waals surface area contributed by atoms with Crippen molar-refractivity contribution in [1.29, 1.82) is 0 Å². The summed E-state index contributed by atoms with van der Waals surface area (Å²) in [5.74, 6) is 1.71. The Labute approximate surface area is 110 Å². The van der Waals surface area contributed by atoms with Crippen molar-refractivity contribution in [2.24, 2.45) is 5.73 Å². The number of nitrogens with zero attached hydrogens (tertiary/aromatic N) is 2. The van der Waals surface area contributed by atoms with Gasteiger partial charge in [-0.1, -0.05) is 22.8 Å². The summed E-state index contributed by atoms with van der Waals surface area (Å²) < 4.78 is 5.23. The largest absolute Gasteiger partial charge is 0.339 e. The van der Waals surface area contributed by atoms with Crippen molar-refractivity contribution in [3.63, 3.8) is 0 Å². The van der Waals surface area contributed by atoms with Crippen LogP contribution in [0.4, 0.5) is 0 Å². The highest BCUT2D eigenvalue weighted by Crippen LogP contribution is 2.39. The minimum absolute atomic E-state index is 0.362.